The summed E-state index contributed by atoms with van der Waals surface area (Å²) < 4.78 is 2.74. The van der Waals surface area contributed by atoms with Crippen LogP contribution in [0.5, 0.6) is 0 Å². The lowest BCUT2D eigenvalue weighted by Crippen LogP contribution is -2.08. The van der Waals surface area contributed by atoms with Gasteiger partial charge in [0.15, 0.2) is 10.4 Å². The number of aromatic nitrogens is 3. The van der Waals surface area contributed by atoms with Crippen molar-refractivity contribution in [2.45, 2.75) is 19.4 Å². The Bertz CT molecular complexity index is 758. The van der Waals surface area contributed by atoms with Gasteiger partial charge in [-0.25, -0.2) is 4.98 Å². The summed E-state index contributed by atoms with van der Waals surface area (Å²) in [7, 11) is 0. The molecule has 0 aliphatic heterocycles. The van der Waals surface area contributed by atoms with Crippen LogP contribution in [0.1, 0.15) is 18.5 Å². The summed E-state index contributed by atoms with van der Waals surface area (Å²) in [5, 5.41) is 4.87. The first-order valence-electron chi connectivity index (χ1n) is 5.92. The first kappa shape index (κ1) is 12.8. The SMILES string of the molecule is CC(Cc1ccsc1)n1c(=S)[nH]c2cc(Cl)cnc21. The number of pyridine rings is 1. The molecule has 3 aromatic heterocycles. The minimum atomic E-state index is 0.254. The average Bonchev–Trinajstić information content (AvgIpc) is 2.95. The largest absolute Gasteiger partial charge is 0.329 e. The Morgan fingerprint density at radius 3 is 3.16 bits per heavy atom. The van der Waals surface area contributed by atoms with E-state index in [2.05, 4.69) is 38.3 Å². The minimum absolute atomic E-state index is 0.254. The maximum absolute atomic E-state index is 5.95. The fourth-order valence-electron chi connectivity index (χ4n) is 2.24. The fraction of sp³-hybridized carbons (Fsp3) is 0.231. The Balaban J connectivity index is 2.04. The number of nitrogens with one attached hydrogen (secondary N) is 1. The summed E-state index contributed by atoms with van der Waals surface area (Å²) in [6.45, 7) is 2.15. The monoisotopic (exact) mass is 309 g/mol. The number of rotatable bonds is 3. The van der Waals surface area contributed by atoms with Crippen molar-refractivity contribution in [3.8, 4) is 0 Å². The molecule has 0 spiro atoms. The Morgan fingerprint density at radius 1 is 1.58 bits per heavy atom. The third-order valence-corrected chi connectivity index (χ3v) is 4.31. The van der Waals surface area contributed by atoms with Gasteiger partial charge in [0, 0.05) is 12.2 Å². The molecule has 0 fully saturated rings. The van der Waals surface area contributed by atoms with Gasteiger partial charge in [-0.15, -0.1) is 0 Å². The van der Waals surface area contributed by atoms with Crippen LogP contribution in [0, 0.1) is 4.77 Å². The Labute approximate surface area is 124 Å². The first-order valence-corrected chi connectivity index (χ1v) is 7.65. The lowest BCUT2D eigenvalue weighted by Gasteiger charge is -2.13. The van der Waals surface area contributed by atoms with E-state index in [0.29, 0.717) is 9.79 Å². The Hall–Kier alpha value is -1.17. The topological polar surface area (TPSA) is 33.6 Å². The second-order valence-corrected chi connectivity index (χ2v) is 6.11. The van der Waals surface area contributed by atoms with Crippen molar-refractivity contribution < 1.29 is 0 Å². The number of thiophene rings is 1. The van der Waals surface area contributed by atoms with Crippen LogP contribution in [0.2, 0.25) is 5.02 Å². The number of hydrogen-bond donors (Lipinski definition) is 1. The Kier molecular flexibility index (Phi) is 3.43. The summed E-state index contributed by atoms with van der Waals surface area (Å²) in [4.78, 5) is 7.55. The van der Waals surface area contributed by atoms with Gasteiger partial charge in [0.1, 0.15) is 0 Å². The molecular weight excluding hydrogens is 298 g/mol. The van der Waals surface area contributed by atoms with Gasteiger partial charge < -0.3 is 4.98 Å². The van der Waals surface area contributed by atoms with Crippen LogP contribution in [0.25, 0.3) is 11.2 Å². The highest BCUT2D eigenvalue weighted by atomic mass is 35.5. The molecule has 0 saturated heterocycles. The maximum atomic E-state index is 5.95. The lowest BCUT2D eigenvalue weighted by molar-refractivity contribution is 0.550. The molecule has 3 aromatic rings. The lowest BCUT2D eigenvalue weighted by atomic mass is 10.1. The molecule has 6 heteroatoms. The summed E-state index contributed by atoms with van der Waals surface area (Å²) in [6.07, 6.45) is 2.59. The van der Waals surface area contributed by atoms with Crippen molar-refractivity contribution >= 4 is 46.3 Å². The van der Waals surface area contributed by atoms with Crippen LogP contribution < -0.4 is 0 Å². The van der Waals surface area contributed by atoms with E-state index in [9.17, 15) is 0 Å². The number of hydrogen-bond acceptors (Lipinski definition) is 3. The summed E-state index contributed by atoms with van der Waals surface area (Å²) in [5.41, 5.74) is 3.06. The van der Waals surface area contributed by atoms with Crippen LogP contribution in [-0.4, -0.2) is 14.5 Å². The van der Waals surface area contributed by atoms with Gasteiger partial charge in [-0.3, -0.25) is 4.57 Å². The highest BCUT2D eigenvalue weighted by Crippen LogP contribution is 2.23. The summed E-state index contributed by atoms with van der Waals surface area (Å²) in [6, 6.07) is 4.25. The van der Waals surface area contributed by atoms with Crippen LogP contribution >= 0.6 is 35.2 Å². The molecule has 0 amide bonds. The van der Waals surface area contributed by atoms with Gasteiger partial charge in [0.25, 0.3) is 0 Å². The second-order valence-electron chi connectivity index (χ2n) is 4.51. The third kappa shape index (κ3) is 2.45. The molecule has 1 unspecified atom stereocenters. The number of aromatic amines is 1. The van der Waals surface area contributed by atoms with Crippen LogP contribution in [0.3, 0.4) is 0 Å². The standard InChI is InChI=1S/C13H12ClN3S2/c1-8(4-9-2-3-19-7-9)17-12-11(16-13(17)18)5-10(14)6-15-12/h2-3,5-8H,4H2,1H3,(H,16,18). The van der Waals surface area contributed by atoms with Crippen molar-refractivity contribution in [1.82, 2.24) is 14.5 Å². The van der Waals surface area contributed by atoms with E-state index in [0.717, 1.165) is 17.6 Å². The molecule has 1 atom stereocenters. The van der Waals surface area contributed by atoms with Crippen molar-refractivity contribution in [3.05, 3.63) is 44.4 Å². The predicted octanol–water partition coefficient (Wildman–Crippen LogP) is 4.61. The predicted molar refractivity (Wildman–Crippen MR) is 82.7 cm³/mol. The number of nitrogens with zero attached hydrogens (tertiary/aromatic N) is 2. The van der Waals surface area contributed by atoms with E-state index in [-0.39, 0.29) is 6.04 Å². The molecular formula is C13H12ClN3S2. The van der Waals surface area contributed by atoms with Crippen molar-refractivity contribution in [2.75, 3.05) is 0 Å². The molecule has 3 heterocycles. The highest BCUT2D eigenvalue weighted by molar-refractivity contribution is 7.71. The number of imidazole rings is 1. The van der Waals surface area contributed by atoms with Gasteiger partial charge in [0.2, 0.25) is 0 Å². The third-order valence-electron chi connectivity index (χ3n) is 3.07. The molecule has 1 N–H and O–H groups in total. The van der Waals surface area contributed by atoms with Crippen molar-refractivity contribution in [3.63, 3.8) is 0 Å². The van der Waals surface area contributed by atoms with Gasteiger partial charge in [0.05, 0.1) is 10.5 Å². The van der Waals surface area contributed by atoms with Crippen LogP contribution in [0.4, 0.5) is 0 Å². The van der Waals surface area contributed by atoms with Gasteiger partial charge in [-0.05, 0) is 54.0 Å². The molecule has 98 valence electrons. The molecule has 0 aliphatic rings. The van der Waals surface area contributed by atoms with Gasteiger partial charge in [-0.1, -0.05) is 11.6 Å². The summed E-state index contributed by atoms with van der Waals surface area (Å²) in [5.74, 6) is 0. The van der Waals surface area contributed by atoms with E-state index in [1.165, 1.54) is 5.56 Å². The first-order chi connectivity index (χ1) is 9.15. The zero-order valence-corrected chi connectivity index (χ0v) is 12.6. The molecule has 0 bridgehead atoms. The summed E-state index contributed by atoms with van der Waals surface area (Å²) >= 11 is 13.1. The zero-order chi connectivity index (χ0) is 13.4. The molecule has 3 rings (SSSR count). The maximum Gasteiger partial charge on any atom is 0.179 e. The molecule has 0 radical (unpaired) electrons. The average molecular weight is 310 g/mol. The van der Waals surface area contributed by atoms with Crippen molar-refractivity contribution in [1.29, 1.82) is 0 Å². The van der Waals surface area contributed by atoms with E-state index < -0.39 is 0 Å². The van der Waals surface area contributed by atoms with E-state index in [1.807, 2.05) is 6.07 Å². The molecule has 0 aliphatic carbocycles. The van der Waals surface area contributed by atoms with E-state index in [4.69, 9.17) is 23.8 Å². The molecule has 3 nitrogen and oxygen atoms in total. The van der Waals surface area contributed by atoms with E-state index in [1.54, 1.807) is 17.5 Å². The van der Waals surface area contributed by atoms with Crippen molar-refractivity contribution in [2.24, 2.45) is 0 Å². The minimum Gasteiger partial charge on any atom is -0.329 e. The molecule has 0 aromatic carbocycles. The smallest absolute Gasteiger partial charge is 0.179 e. The molecule has 19 heavy (non-hydrogen) atoms. The van der Waals surface area contributed by atoms with Crippen LogP contribution in [-0.2, 0) is 6.42 Å². The molecule has 0 saturated carbocycles. The van der Waals surface area contributed by atoms with Gasteiger partial charge in [-0.2, -0.15) is 11.3 Å². The Morgan fingerprint density at radius 2 is 2.42 bits per heavy atom. The second kappa shape index (κ2) is 5.07. The highest BCUT2D eigenvalue weighted by Gasteiger charge is 2.13. The fourth-order valence-corrected chi connectivity index (χ4v) is 3.45. The zero-order valence-electron chi connectivity index (χ0n) is 10.3. The van der Waals surface area contributed by atoms with Crippen LogP contribution in [0.15, 0.2) is 29.1 Å². The number of H-pyrrole nitrogens is 1. The quantitative estimate of drug-likeness (QED) is 0.717. The van der Waals surface area contributed by atoms with Gasteiger partial charge >= 0.3 is 0 Å². The normalized spacial score (nSPS) is 12.9. The number of fused-ring (bicyclic) bond motifs is 1. The number of halogens is 1. The van der Waals surface area contributed by atoms with E-state index >= 15 is 0 Å².